The van der Waals surface area contributed by atoms with Crippen LogP contribution in [0.1, 0.15) is 202 Å². The van der Waals surface area contributed by atoms with E-state index in [4.69, 9.17) is 0 Å². The second-order valence-corrected chi connectivity index (χ2v) is 13.5. The maximum absolute atomic E-state index is 3.04. The highest BCUT2D eigenvalue weighted by Crippen LogP contribution is 2.29. The molecule has 0 bridgehead atoms. The molecule has 1 aliphatic heterocycles. The Kier molecular flexibility index (Phi) is 24.3. The van der Waals surface area contributed by atoms with Crippen molar-refractivity contribution in [1.29, 1.82) is 0 Å². The van der Waals surface area contributed by atoms with E-state index in [2.05, 4.69) is 51.3 Å². The average molecular weight is 549 g/mol. The van der Waals surface area contributed by atoms with Crippen molar-refractivity contribution in [2.45, 2.75) is 226 Å². The highest BCUT2D eigenvalue weighted by atomic mass is 15.3. The van der Waals surface area contributed by atoms with Crippen LogP contribution >= 0.6 is 0 Å². The number of rotatable bonds is 26. The first-order chi connectivity index (χ1) is 19.1. The minimum Gasteiger partial charge on any atom is -0.299 e. The number of hydrogen-bond acceptors (Lipinski definition) is 2. The third kappa shape index (κ3) is 17.5. The lowest BCUT2D eigenvalue weighted by Gasteiger charge is -2.41. The molecule has 0 amide bonds. The summed E-state index contributed by atoms with van der Waals surface area (Å²) in [6.45, 7) is 17.2. The highest BCUT2D eigenvalue weighted by Gasteiger charge is 2.33. The lowest BCUT2D eigenvalue weighted by atomic mass is 9.96. The fraction of sp³-hybridized carbons (Fsp3) is 1.00. The van der Waals surface area contributed by atoms with Gasteiger partial charge in [-0.3, -0.25) is 9.80 Å². The zero-order valence-electron chi connectivity index (χ0n) is 28.3. The van der Waals surface area contributed by atoms with Crippen molar-refractivity contribution in [3.05, 3.63) is 0 Å². The van der Waals surface area contributed by atoms with Gasteiger partial charge in [0.25, 0.3) is 0 Å². The van der Waals surface area contributed by atoms with E-state index in [0.717, 1.165) is 18.1 Å². The summed E-state index contributed by atoms with van der Waals surface area (Å²) in [5.74, 6) is 0. The van der Waals surface area contributed by atoms with Crippen molar-refractivity contribution in [1.82, 2.24) is 9.80 Å². The quantitative estimate of drug-likeness (QED) is 0.0991. The topological polar surface area (TPSA) is 6.48 Å². The van der Waals surface area contributed by atoms with Gasteiger partial charge in [0.05, 0.1) is 0 Å². The van der Waals surface area contributed by atoms with Crippen LogP contribution in [-0.4, -0.2) is 47.1 Å². The van der Waals surface area contributed by atoms with Crippen molar-refractivity contribution >= 4 is 0 Å². The van der Waals surface area contributed by atoms with Crippen molar-refractivity contribution in [3.8, 4) is 0 Å². The first-order valence-corrected chi connectivity index (χ1v) is 18.6. The van der Waals surface area contributed by atoms with Gasteiger partial charge in [0.2, 0.25) is 0 Å². The van der Waals surface area contributed by atoms with Gasteiger partial charge in [-0.25, -0.2) is 0 Å². The van der Waals surface area contributed by atoms with Crippen LogP contribution in [0.4, 0.5) is 0 Å². The Morgan fingerprint density at radius 2 is 0.821 bits per heavy atom. The highest BCUT2D eigenvalue weighted by molar-refractivity contribution is 4.89. The first-order valence-electron chi connectivity index (χ1n) is 18.6. The molecule has 0 aliphatic carbocycles. The van der Waals surface area contributed by atoms with Crippen molar-refractivity contribution < 1.29 is 0 Å². The summed E-state index contributed by atoms with van der Waals surface area (Å²) in [5.41, 5.74) is 0. The minimum absolute atomic E-state index is 0.696. The molecule has 1 saturated heterocycles. The van der Waals surface area contributed by atoms with Gasteiger partial charge in [-0.2, -0.15) is 0 Å². The second-order valence-electron chi connectivity index (χ2n) is 13.5. The van der Waals surface area contributed by atoms with Gasteiger partial charge in [-0.05, 0) is 52.5 Å². The summed E-state index contributed by atoms with van der Waals surface area (Å²) >= 11 is 0. The van der Waals surface area contributed by atoms with Crippen LogP contribution in [0.3, 0.4) is 0 Å². The third-order valence-corrected chi connectivity index (χ3v) is 9.85. The van der Waals surface area contributed by atoms with Gasteiger partial charge < -0.3 is 0 Å². The Morgan fingerprint density at radius 1 is 0.462 bits per heavy atom. The molecule has 1 fully saturated rings. The predicted molar refractivity (Wildman–Crippen MR) is 178 cm³/mol. The number of unbranched alkanes of at least 4 members (excludes halogenated alkanes) is 16. The standard InChI is InChI=1S/C37H76N2/c1-7-11-15-19-23-27-36(28-24-20-16-12-8-2)38-32-31-34(5)39(35(6)33-38)37(29-25-21-17-13-9-3)30-26-22-18-14-10-4/h34-37H,7-33H2,1-6H3. The van der Waals surface area contributed by atoms with Crippen LogP contribution in [0.2, 0.25) is 0 Å². The molecule has 2 atom stereocenters. The monoisotopic (exact) mass is 549 g/mol. The lowest BCUT2D eigenvalue weighted by Crippen LogP contribution is -2.49. The molecule has 2 unspecified atom stereocenters. The van der Waals surface area contributed by atoms with Crippen LogP contribution < -0.4 is 0 Å². The normalized spacial score (nSPS) is 19.4. The van der Waals surface area contributed by atoms with E-state index in [1.165, 1.54) is 174 Å². The summed E-state index contributed by atoms with van der Waals surface area (Å²) < 4.78 is 0. The van der Waals surface area contributed by atoms with Crippen molar-refractivity contribution in [2.24, 2.45) is 0 Å². The lowest BCUT2D eigenvalue weighted by molar-refractivity contribution is 0.0755. The van der Waals surface area contributed by atoms with E-state index in [0.29, 0.717) is 6.04 Å². The Morgan fingerprint density at radius 3 is 1.21 bits per heavy atom. The fourth-order valence-corrected chi connectivity index (χ4v) is 7.40. The van der Waals surface area contributed by atoms with E-state index >= 15 is 0 Å². The van der Waals surface area contributed by atoms with Gasteiger partial charge in [0, 0.05) is 30.7 Å². The minimum atomic E-state index is 0.696. The van der Waals surface area contributed by atoms with E-state index in [-0.39, 0.29) is 0 Å². The van der Waals surface area contributed by atoms with E-state index in [1.807, 2.05) is 0 Å². The summed E-state index contributed by atoms with van der Waals surface area (Å²) in [6.07, 6.45) is 35.6. The summed E-state index contributed by atoms with van der Waals surface area (Å²) in [6, 6.07) is 3.06. The molecule has 2 nitrogen and oxygen atoms in total. The van der Waals surface area contributed by atoms with E-state index in [1.54, 1.807) is 0 Å². The van der Waals surface area contributed by atoms with Crippen LogP contribution in [0.5, 0.6) is 0 Å². The van der Waals surface area contributed by atoms with Crippen LogP contribution in [-0.2, 0) is 0 Å². The Balaban J connectivity index is 2.82. The maximum atomic E-state index is 3.04. The summed E-state index contributed by atoms with van der Waals surface area (Å²) in [4.78, 5) is 6.03. The van der Waals surface area contributed by atoms with Gasteiger partial charge in [0.1, 0.15) is 0 Å². The Labute approximate surface area is 248 Å². The molecule has 2 heteroatoms. The number of nitrogens with zero attached hydrogens (tertiary/aromatic N) is 2. The van der Waals surface area contributed by atoms with Gasteiger partial charge in [-0.15, -0.1) is 0 Å². The molecule has 1 heterocycles. The molecule has 0 radical (unpaired) electrons. The zero-order valence-corrected chi connectivity index (χ0v) is 28.3. The van der Waals surface area contributed by atoms with Gasteiger partial charge >= 0.3 is 0 Å². The molecule has 39 heavy (non-hydrogen) atoms. The van der Waals surface area contributed by atoms with Gasteiger partial charge in [0.15, 0.2) is 0 Å². The van der Waals surface area contributed by atoms with Crippen LogP contribution in [0, 0.1) is 0 Å². The molecule has 0 aromatic rings. The maximum Gasteiger partial charge on any atom is 0.0200 e. The largest absolute Gasteiger partial charge is 0.299 e. The molecule has 1 rings (SSSR count). The molecule has 0 saturated carbocycles. The molecule has 0 aromatic carbocycles. The van der Waals surface area contributed by atoms with Crippen molar-refractivity contribution in [3.63, 3.8) is 0 Å². The Bertz CT molecular complexity index is 478. The molecule has 234 valence electrons. The molecular weight excluding hydrogens is 472 g/mol. The average Bonchev–Trinajstić information content (AvgIpc) is 3.07. The summed E-state index contributed by atoms with van der Waals surface area (Å²) in [5, 5.41) is 0. The number of hydrogen-bond donors (Lipinski definition) is 0. The molecule has 0 N–H and O–H groups in total. The van der Waals surface area contributed by atoms with Crippen LogP contribution in [0.15, 0.2) is 0 Å². The predicted octanol–water partition coefficient (Wildman–Crippen LogP) is 12.0. The van der Waals surface area contributed by atoms with E-state index in [9.17, 15) is 0 Å². The third-order valence-electron chi connectivity index (χ3n) is 9.85. The van der Waals surface area contributed by atoms with Crippen LogP contribution in [0.25, 0.3) is 0 Å². The molecule has 0 aromatic heterocycles. The van der Waals surface area contributed by atoms with Gasteiger partial charge in [-0.1, -0.05) is 156 Å². The first kappa shape index (κ1) is 36.9. The van der Waals surface area contributed by atoms with E-state index < -0.39 is 0 Å². The molecular formula is C37H76N2. The second kappa shape index (κ2) is 25.6. The molecule has 1 aliphatic rings. The zero-order chi connectivity index (χ0) is 28.6. The molecule has 0 spiro atoms. The van der Waals surface area contributed by atoms with Crippen molar-refractivity contribution in [2.75, 3.05) is 13.1 Å². The smallest absolute Gasteiger partial charge is 0.0200 e. The summed E-state index contributed by atoms with van der Waals surface area (Å²) in [7, 11) is 0. The fourth-order valence-electron chi connectivity index (χ4n) is 7.40. The Hall–Kier alpha value is -0.0800. The SMILES string of the molecule is CCCCCCCC(CCCCCCC)N1CCC(C)N(C(CCCCCCC)CCCCCCC)C(C)C1.